The number of ketones is 1. The molecule has 0 aliphatic carbocycles. The van der Waals surface area contributed by atoms with Gasteiger partial charge in [0.05, 0.1) is 4.90 Å². The lowest BCUT2D eigenvalue weighted by Crippen LogP contribution is -2.27. The van der Waals surface area contributed by atoms with E-state index in [2.05, 4.69) is 0 Å². The highest BCUT2D eigenvalue weighted by Crippen LogP contribution is 2.68. The van der Waals surface area contributed by atoms with Crippen LogP contribution in [0.4, 0.5) is 0 Å². The molecule has 3 nitrogen and oxygen atoms in total. The molecule has 4 rings (SSSR count). The van der Waals surface area contributed by atoms with Gasteiger partial charge in [-0.3, -0.25) is 4.79 Å². The summed E-state index contributed by atoms with van der Waals surface area (Å²) in [5, 5.41) is -0.647. The van der Waals surface area contributed by atoms with Gasteiger partial charge >= 0.3 is 0 Å². The molecule has 3 aromatic rings. The highest BCUT2D eigenvalue weighted by atomic mass is 32.3. The normalized spacial score (nSPS) is 21.2. The molecule has 0 aromatic heterocycles. The number of carbonyl (C=O) groups excluding carboxylic acids is 1. The number of Topliss-reactive ketones (excluding diaryl/α,β-unsaturated/α-hetero) is 1. The van der Waals surface area contributed by atoms with Gasteiger partial charge in [0.1, 0.15) is 5.25 Å². The molecular formula is C22H18O3S3. The van der Waals surface area contributed by atoms with Gasteiger partial charge in [0, 0.05) is 10.5 Å². The number of hydrogen-bond acceptors (Lipinski definition) is 5. The topological polar surface area (TPSA) is 51.2 Å². The number of benzene rings is 3. The number of rotatable bonds is 6. The van der Waals surface area contributed by atoms with E-state index in [1.54, 1.807) is 48.5 Å². The second-order valence-electron chi connectivity index (χ2n) is 6.56. The summed E-state index contributed by atoms with van der Waals surface area (Å²) >= 11 is 2.46. The maximum Gasteiger partial charge on any atom is 0.204 e. The second-order valence-corrected chi connectivity index (χ2v) is 12.1. The first kappa shape index (κ1) is 19.3. The first-order chi connectivity index (χ1) is 13.4. The third-order valence-corrected chi connectivity index (χ3v) is 11.3. The largest absolute Gasteiger partial charge is 0.293 e. The fourth-order valence-electron chi connectivity index (χ4n) is 2.97. The fraction of sp³-hybridized carbons (Fsp3) is 0.136. The Bertz CT molecular complexity index is 1090. The molecule has 142 valence electrons. The van der Waals surface area contributed by atoms with Crippen LogP contribution in [-0.4, -0.2) is 22.9 Å². The van der Waals surface area contributed by atoms with Crippen LogP contribution in [0.5, 0.6) is 0 Å². The average Bonchev–Trinajstić information content (AvgIpc) is 3.45. The van der Waals surface area contributed by atoms with E-state index in [1.807, 2.05) is 43.3 Å². The molecule has 0 saturated carbocycles. The highest BCUT2D eigenvalue weighted by molar-refractivity contribution is 8.38. The molecule has 3 aromatic carbocycles. The molecule has 0 amide bonds. The van der Waals surface area contributed by atoms with E-state index in [9.17, 15) is 13.2 Å². The molecule has 0 unspecified atom stereocenters. The van der Waals surface area contributed by atoms with Crippen LogP contribution in [0, 0.1) is 6.92 Å². The third kappa shape index (κ3) is 3.41. The van der Waals surface area contributed by atoms with Gasteiger partial charge in [-0.25, -0.2) is 8.42 Å². The Morgan fingerprint density at radius 3 is 2.07 bits per heavy atom. The van der Waals surface area contributed by atoms with E-state index in [0.717, 1.165) is 10.5 Å². The molecule has 1 fully saturated rings. The van der Waals surface area contributed by atoms with Crippen LogP contribution in [-0.2, 0) is 9.84 Å². The van der Waals surface area contributed by atoms with Gasteiger partial charge in [-0.2, -0.15) is 0 Å². The first-order valence-electron chi connectivity index (χ1n) is 8.76. The Morgan fingerprint density at radius 1 is 0.893 bits per heavy atom. The first-order valence-corrected chi connectivity index (χ1v) is 11.9. The summed E-state index contributed by atoms with van der Waals surface area (Å²) < 4.78 is 25.9. The third-order valence-electron chi connectivity index (χ3n) is 4.55. The molecule has 1 aliphatic rings. The van der Waals surface area contributed by atoms with E-state index in [4.69, 9.17) is 0 Å². The summed E-state index contributed by atoms with van der Waals surface area (Å²) in [4.78, 5) is 14.1. The molecule has 0 N–H and O–H groups in total. The van der Waals surface area contributed by atoms with Crippen molar-refractivity contribution in [2.24, 2.45) is 0 Å². The zero-order chi connectivity index (χ0) is 19.8. The lowest BCUT2D eigenvalue weighted by Gasteiger charge is -2.16. The summed E-state index contributed by atoms with van der Waals surface area (Å²) in [6.07, 6.45) is 0. The Morgan fingerprint density at radius 2 is 1.46 bits per heavy atom. The summed E-state index contributed by atoms with van der Waals surface area (Å²) in [5.41, 5.74) is 1.53. The van der Waals surface area contributed by atoms with E-state index >= 15 is 0 Å². The Balaban J connectivity index is 1.75. The van der Waals surface area contributed by atoms with Crippen molar-refractivity contribution < 1.29 is 13.2 Å². The molecule has 2 atom stereocenters. The van der Waals surface area contributed by atoms with Gasteiger partial charge in [-0.1, -0.05) is 78.0 Å². The van der Waals surface area contributed by atoms with Gasteiger partial charge in [-0.05, 0) is 31.2 Å². The molecule has 28 heavy (non-hydrogen) atoms. The summed E-state index contributed by atoms with van der Waals surface area (Å²) in [5.74, 6) is -0.148. The minimum Gasteiger partial charge on any atom is -0.293 e. The van der Waals surface area contributed by atoms with Crippen LogP contribution >= 0.6 is 23.5 Å². The van der Waals surface area contributed by atoms with E-state index in [1.165, 1.54) is 23.5 Å². The van der Waals surface area contributed by atoms with Crippen molar-refractivity contribution >= 4 is 39.1 Å². The van der Waals surface area contributed by atoms with Crippen LogP contribution in [0.1, 0.15) is 15.9 Å². The molecule has 1 saturated heterocycles. The molecule has 0 spiro atoms. The van der Waals surface area contributed by atoms with Crippen LogP contribution < -0.4 is 0 Å². The summed E-state index contributed by atoms with van der Waals surface area (Å²) in [7, 11) is -3.74. The lowest BCUT2D eigenvalue weighted by atomic mass is 10.1. The zero-order valence-electron chi connectivity index (χ0n) is 15.1. The van der Waals surface area contributed by atoms with Gasteiger partial charge in [0.2, 0.25) is 9.84 Å². The van der Waals surface area contributed by atoms with Crippen LogP contribution in [0.2, 0.25) is 0 Å². The van der Waals surface area contributed by atoms with Gasteiger partial charge in [-0.15, -0.1) is 11.8 Å². The average molecular weight is 427 g/mol. The molecule has 6 heteroatoms. The van der Waals surface area contributed by atoms with Crippen molar-refractivity contribution in [2.75, 3.05) is 0 Å². The van der Waals surface area contributed by atoms with E-state index in [-0.39, 0.29) is 10.7 Å². The number of thioether (sulfide) groups is 2. The predicted molar refractivity (Wildman–Crippen MR) is 116 cm³/mol. The number of carbonyl (C=O) groups is 1. The van der Waals surface area contributed by atoms with Crippen molar-refractivity contribution in [3.63, 3.8) is 0 Å². The van der Waals surface area contributed by atoms with Crippen LogP contribution in [0.25, 0.3) is 0 Å². The van der Waals surface area contributed by atoms with Crippen molar-refractivity contribution in [3.8, 4) is 0 Å². The Kier molecular flexibility index (Phi) is 5.12. The number of hydrogen-bond donors (Lipinski definition) is 0. The minimum absolute atomic E-state index is 0.148. The number of sulfone groups is 1. The number of aryl methyl sites for hydroxylation is 1. The van der Waals surface area contributed by atoms with Gasteiger partial charge < -0.3 is 0 Å². The fourth-order valence-corrected chi connectivity index (χ4v) is 9.02. The molecule has 1 heterocycles. The summed E-state index contributed by atoms with van der Waals surface area (Å²) in [6.45, 7) is 1.92. The zero-order valence-corrected chi connectivity index (χ0v) is 17.6. The standard InChI is InChI=1S/C22H18O3S3/c1-16-12-14-19(15-13-16)28(24,25)22(26-18-10-6-3-7-11-18)21(27-22)20(23)17-8-4-2-5-9-17/h2-15,21H,1H3/t21-,22-/m0/s1. The summed E-state index contributed by atoms with van der Waals surface area (Å²) in [6, 6.07) is 25.1. The van der Waals surface area contributed by atoms with E-state index in [0.29, 0.717) is 5.56 Å². The smallest absolute Gasteiger partial charge is 0.204 e. The predicted octanol–water partition coefficient (Wildman–Crippen LogP) is 5.21. The molecule has 0 bridgehead atoms. The van der Waals surface area contributed by atoms with Crippen LogP contribution in [0.15, 0.2) is 94.7 Å². The van der Waals surface area contributed by atoms with Crippen molar-refractivity contribution in [1.29, 1.82) is 0 Å². The molecular weight excluding hydrogens is 408 g/mol. The maximum absolute atomic E-state index is 13.6. The SMILES string of the molecule is Cc1ccc(S(=O)(=O)[C@@]2(Sc3ccccc3)S[C@H]2C(=O)c2ccccc2)cc1. The quantitative estimate of drug-likeness (QED) is 0.400. The van der Waals surface area contributed by atoms with Crippen molar-refractivity contribution in [1.82, 2.24) is 0 Å². The Labute approximate surface area is 173 Å². The molecule has 1 aliphatic heterocycles. The maximum atomic E-state index is 13.6. The minimum atomic E-state index is -3.74. The highest BCUT2D eigenvalue weighted by Gasteiger charge is 2.69. The van der Waals surface area contributed by atoms with Crippen molar-refractivity contribution in [2.45, 2.75) is 25.4 Å². The second kappa shape index (κ2) is 7.43. The molecule has 0 radical (unpaired) electrons. The lowest BCUT2D eigenvalue weighted by molar-refractivity contribution is 0.0999. The van der Waals surface area contributed by atoms with Crippen LogP contribution in [0.3, 0.4) is 0 Å². The van der Waals surface area contributed by atoms with Gasteiger partial charge in [0.15, 0.2) is 9.19 Å². The Hall–Kier alpha value is -2.02. The monoisotopic (exact) mass is 426 g/mol. The van der Waals surface area contributed by atoms with E-state index < -0.39 is 18.5 Å². The van der Waals surface area contributed by atoms with Gasteiger partial charge in [0.25, 0.3) is 0 Å². The van der Waals surface area contributed by atoms with Crippen molar-refractivity contribution in [3.05, 3.63) is 96.1 Å².